The van der Waals surface area contributed by atoms with Gasteiger partial charge in [0.25, 0.3) is 6.01 Å². The van der Waals surface area contributed by atoms with E-state index < -0.39 is 0 Å². The number of aromatic amines is 1. The van der Waals surface area contributed by atoms with Crippen LogP contribution in [0.5, 0.6) is 6.01 Å². The molecule has 0 spiro atoms. The summed E-state index contributed by atoms with van der Waals surface area (Å²) >= 11 is 6.57. The highest BCUT2D eigenvalue weighted by Crippen LogP contribution is 2.34. The van der Waals surface area contributed by atoms with E-state index >= 15 is 0 Å². The zero-order chi connectivity index (χ0) is 22.4. The van der Waals surface area contributed by atoms with Crippen LogP contribution in [-0.4, -0.2) is 46.5 Å². The highest BCUT2D eigenvalue weighted by atomic mass is 35.5. The minimum atomic E-state index is -0.187. The van der Waals surface area contributed by atoms with Crippen LogP contribution in [0.15, 0.2) is 30.3 Å². The molecule has 33 heavy (non-hydrogen) atoms. The van der Waals surface area contributed by atoms with Gasteiger partial charge in [0.1, 0.15) is 6.10 Å². The van der Waals surface area contributed by atoms with Crippen LogP contribution in [-0.2, 0) is 9.47 Å². The predicted octanol–water partition coefficient (Wildman–Crippen LogP) is 5.00. The number of imidazole rings is 1. The second-order valence-electron chi connectivity index (χ2n) is 9.29. The average Bonchev–Trinajstić information content (AvgIpc) is 3.60. The van der Waals surface area contributed by atoms with Gasteiger partial charge < -0.3 is 19.2 Å². The lowest BCUT2D eigenvalue weighted by Gasteiger charge is -2.15. The van der Waals surface area contributed by atoms with Gasteiger partial charge in [-0.3, -0.25) is 0 Å². The summed E-state index contributed by atoms with van der Waals surface area (Å²) in [7, 11) is 0. The molecule has 7 heteroatoms. The van der Waals surface area contributed by atoms with Gasteiger partial charge in [-0.25, -0.2) is 4.98 Å². The van der Waals surface area contributed by atoms with Crippen molar-refractivity contribution < 1.29 is 14.2 Å². The third-order valence-corrected chi connectivity index (χ3v) is 7.15. The van der Waals surface area contributed by atoms with E-state index in [0.29, 0.717) is 47.4 Å². The Morgan fingerprint density at radius 1 is 1.06 bits per heavy atom. The van der Waals surface area contributed by atoms with Gasteiger partial charge in [-0.15, -0.1) is 0 Å². The Morgan fingerprint density at radius 2 is 1.85 bits per heavy atom. The summed E-state index contributed by atoms with van der Waals surface area (Å²) in [6.45, 7) is 3.32. The molecule has 4 heterocycles. The molecule has 1 saturated carbocycles. The number of hydrogen-bond acceptors (Lipinski definition) is 5. The zero-order valence-electron chi connectivity index (χ0n) is 18.5. The highest BCUT2D eigenvalue weighted by molar-refractivity contribution is 6.33. The Morgan fingerprint density at radius 3 is 2.67 bits per heavy atom. The SMILES string of the molecule is C[C@@H]1CO[C@H]2[C@@H]1OC[C@H]2Oc1nc2nc(-c3ccc(C#CC4CCCC4)cc3)c(Cl)cc2[nH]1. The molecule has 3 aliphatic rings. The van der Waals surface area contributed by atoms with Crippen molar-refractivity contribution in [3.63, 3.8) is 0 Å². The van der Waals surface area contributed by atoms with Gasteiger partial charge in [0.2, 0.25) is 0 Å². The average molecular weight is 464 g/mol. The second kappa shape index (κ2) is 8.64. The molecule has 2 aromatic heterocycles. The lowest BCUT2D eigenvalue weighted by Crippen LogP contribution is -2.33. The third kappa shape index (κ3) is 4.10. The van der Waals surface area contributed by atoms with E-state index in [9.17, 15) is 0 Å². The summed E-state index contributed by atoms with van der Waals surface area (Å²) in [5.41, 5.74) is 3.92. The summed E-state index contributed by atoms with van der Waals surface area (Å²) in [5.74, 6) is 7.63. The molecule has 170 valence electrons. The van der Waals surface area contributed by atoms with Crippen molar-refractivity contribution in [2.75, 3.05) is 13.2 Å². The van der Waals surface area contributed by atoms with Crippen molar-refractivity contribution in [2.24, 2.45) is 11.8 Å². The Balaban J connectivity index is 1.21. The monoisotopic (exact) mass is 463 g/mol. The van der Waals surface area contributed by atoms with Crippen molar-refractivity contribution in [3.05, 3.63) is 40.9 Å². The molecule has 4 atom stereocenters. The van der Waals surface area contributed by atoms with Crippen LogP contribution in [0, 0.1) is 23.7 Å². The molecule has 3 aromatic rings. The van der Waals surface area contributed by atoms with Crippen LogP contribution >= 0.6 is 11.6 Å². The number of benzene rings is 1. The maximum absolute atomic E-state index is 6.57. The number of nitrogens with one attached hydrogen (secondary N) is 1. The molecular weight excluding hydrogens is 438 g/mol. The van der Waals surface area contributed by atoms with Crippen LogP contribution in [0.1, 0.15) is 38.2 Å². The normalized spacial score (nSPS) is 27.0. The lowest BCUT2D eigenvalue weighted by molar-refractivity contribution is 0.0262. The first-order chi connectivity index (χ1) is 16.1. The number of rotatable bonds is 3. The van der Waals surface area contributed by atoms with Gasteiger partial charge in [0.15, 0.2) is 11.8 Å². The largest absolute Gasteiger partial charge is 0.456 e. The number of H-pyrrole nitrogens is 1. The molecule has 2 saturated heterocycles. The summed E-state index contributed by atoms with van der Waals surface area (Å²) in [6, 6.07) is 10.3. The highest BCUT2D eigenvalue weighted by Gasteiger charge is 2.47. The van der Waals surface area contributed by atoms with Gasteiger partial charge in [0.05, 0.1) is 35.6 Å². The summed E-state index contributed by atoms with van der Waals surface area (Å²) in [5, 5.41) is 0.555. The van der Waals surface area contributed by atoms with Crippen LogP contribution in [0.2, 0.25) is 5.02 Å². The van der Waals surface area contributed by atoms with Gasteiger partial charge in [-0.2, -0.15) is 4.98 Å². The van der Waals surface area contributed by atoms with Crippen molar-refractivity contribution in [1.29, 1.82) is 0 Å². The van der Waals surface area contributed by atoms with Crippen molar-refractivity contribution in [2.45, 2.75) is 50.9 Å². The lowest BCUT2D eigenvalue weighted by atomic mass is 10.0. The maximum atomic E-state index is 6.57. The van der Waals surface area contributed by atoms with E-state index in [1.165, 1.54) is 25.7 Å². The van der Waals surface area contributed by atoms with Crippen LogP contribution in [0.4, 0.5) is 0 Å². The Kier molecular flexibility index (Phi) is 5.49. The van der Waals surface area contributed by atoms with Crippen molar-refractivity contribution in [3.8, 4) is 29.1 Å². The van der Waals surface area contributed by atoms with E-state index in [-0.39, 0.29) is 18.3 Å². The molecule has 3 fully saturated rings. The Bertz CT molecular complexity index is 1220. The molecule has 6 nitrogen and oxygen atoms in total. The quantitative estimate of drug-likeness (QED) is 0.553. The van der Waals surface area contributed by atoms with E-state index in [2.05, 4.69) is 28.7 Å². The standard InChI is InChI=1S/C26H26ClN3O3/c1-15-13-31-24-21(14-32-23(15)24)33-26-28-20-12-19(27)22(29-25(20)30-26)18-10-8-17(9-11-18)7-6-16-4-2-3-5-16/h8-12,15-16,21,23-24H,2-5,13-14H2,1H3,(H,28,29,30)/t15-,21-,23-,24-/m1/s1. The van der Waals surface area contributed by atoms with Gasteiger partial charge in [0, 0.05) is 23.0 Å². The number of halogens is 1. The molecule has 1 N–H and O–H groups in total. The van der Waals surface area contributed by atoms with Crippen LogP contribution < -0.4 is 4.74 Å². The fourth-order valence-electron chi connectivity index (χ4n) is 5.02. The molecule has 1 aliphatic carbocycles. The minimum absolute atomic E-state index is 0.0596. The molecule has 0 bridgehead atoms. The van der Waals surface area contributed by atoms with Gasteiger partial charge in [-0.1, -0.05) is 55.3 Å². The van der Waals surface area contributed by atoms with Crippen molar-refractivity contribution in [1.82, 2.24) is 15.0 Å². The molecular formula is C26H26ClN3O3. The third-order valence-electron chi connectivity index (χ3n) is 6.86. The van der Waals surface area contributed by atoms with E-state index in [1.807, 2.05) is 30.3 Å². The van der Waals surface area contributed by atoms with E-state index in [1.54, 1.807) is 0 Å². The fourth-order valence-corrected chi connectivity index (χ4v) is 5.28. The number of fused-ring (bicyclic) bond motifs is 2. The van der Waals surface area contributed by atoms with E-state index in [0.717, 1.165) is 16.6 Å². The molecule has 0 amide bonds. The number of ether oxygens (including phenoxy) is 3. The topological polar surface area (TPSA) is 69.3 Å². The van der Waals surface area contributed by atoms with E-state index in [4.69, 9.17) is 30.8 Å². The molecule has 0 unspecified atom stereocenters. The molecule has 2 aliphatic heterocycles. The van der Waals surface area contributed by atoms with Gasteiger partial charge in [-0.05, 0) is 31.0 Å². The predicted molar refractivity (Wildman–Crippen MR) is 126 cm³/mol. The summed E-state index contributed by atoms with van der Waals surface area (Å²) in [4.78, 5) is 12.4. The number of nitrogens with zero attached hydrogens (tertiary/aromatic N) is 2. The van der Waals surface area contributed by atoms with Crippen molar-refractivity contribution >= 4 is 22.8 Å². The summed E-state index contributed by atoms with van der Waals surface area (Å²) < 4.78 is 17.8. The Labute approximate surface area is 198 Å². The first kappa shape index (κ1) is 21.0. The van der Waals surface area contributed by atoms with Crippen LogP contribution in [0.25, 0.3) is 22.4 Å². The molecule has 1 aromatic carbocycles. The Hall–Kier alpha value is -2.59. The fraction of sp³-hybridized carbons (Fsp3) is 0.462. The smallest absolute Gasteiger partial charge is 0.296 e. The zero-order valence-corrected chi connectivity index (χ0v) is 19.3. The minimum Gasteiger partial charge on any atom is -0.456 e. The van der Waals surface area contributed by atoms with Crippen LogP contribution in [0.3, 0.4) is 0 Å². The first-order valence-corrected chi connectivity index (χ1v) is 12.1. The molecule has 0 radical (unpaired) electrons. The maximum Gasteiger partial charge on any atom is 0.296 e. The number of pyridine rings is 1. The first-order valence-electron chi connectivity index (χ1n) is 11.7. The molecule has 6 rings (SSSR count). The summed E-state index contributed by atoms with van der Waals surface area (Å²) in [6.07, 6.45) is 4.89. The second-order valence-corrected chi connectivity index (χ2v) is 9.70. The van der Waals surface area contributed by atoms with Gasteiger partial charge >= 0.3 is 0 Å². The number of hydrogen-bond donors (Lipinski definition) is 1. The number of aromatic nitrogens is 3.